The van der Waals surface area contributed by atoms with Crippen LogP contribution >= 0.6 is 23.4 Å². The number of nitrogens with zero attached hydrogens (tertiary/aromatic N) is 2. The van der Waals surface area contributed by atoms with Crippen LogP contribution in [0.2, 0.25) is 5.02 Å². The van der Waals surface area contributed by atoms with Crippen LogP contribution in [0.3, 0.4) is 0 Å². The van der Waals surface area contributed by atoms with Crippen LogP contribution in [-0.2, 0) is 9.53 Å². The van der Waals surface area contributed by atoms with E-state index in [0.717, 1.165) is 37.5 Å². The van der Waals surface area contributed by atoms with Gasteiger partial charge in [0.1, 0.15) is 5.03 Å². The first kappa shape index (κ1) is 20.5. The number of para-hydroxylation sites is 1. The number of halogens is 1. The van der Waals surface area contributed by atoms with Gasteiger partial charge in [0.25, 0.3) is 0 Å². The van der Waals surface area contributed by atoms with Gasteiger partial charge in [0.2, 0.25) is 5.90 Å². The normalized spacial score (nSPS) is 14.6. The topological polar surface area (TPSA) is 51.5 Å². The van der Waals surface area contributed by atoms with Crippen molar-refractivity contribution in [1.29, 1.82) is 0 Å². The molecule has 3 aromatic carbocycles. The van der Waals surface area contributed by atoms with E-state index in [9.17, 15) is 4.79 Å². The average Bonchev–Trinajstić information content (AvgIpc) is 3.16. The van der Waals surface area contributed by atoms with Crippen LogP contribution < -0.4 is 0 Å². The first-order valence-electron chi connectivity index (χ1n) is 9.98. The molecule has 0 atom stereocenters. The van der Waals surface area contributed by atoms with E-state index >= 15 is 0 Å². The molecule has 0 spiro atoms. The summed E-state index contributed by atoms with van der Waals surface area (Å²) in [5, 5.41) is 2.43. The third-order valence-electron chi connectivity index (χ3n) is 5.03. The fourth-order valence-corrected chi connectivity index (χ4v) is 4.40. The molecule has 0 fully saturated rings. The smallest absolute Gasteiger partial charge is 0.363 e. The van der Waals surface area contributed by atoms with Crippen LogP contribution in [0.25, 0.3) is 17.0 Å². The summed E-state index contributed by atoms with van der Waals surface area (Å²) in [5.74, 6) is -0.154. The maximum absolute atomic E-state index is 12.6. The third kappa shape index (κ3) is 4.17. The zero-order valence-corrected chi connectivity index (χ0v) is 18.7. The molecule has 0 bridgehead atoms. The van der Waals surface area contributed by atoms with Gasteiger partial charge in [-0.25, -0.2) is 14.8 Å². The number of ether oxygens (including phenoxy) is 1. The molecule has 5 rings (SSSR count). The molecule has 0 saturated carbocycles. The number of esters is 1. The van der Waals surface area contributed by atoms with Crippen LogP contribution in [0.4, 0.5) is 0 Å². The lowest BCUT2D eigenvalue weighted by Crippen LogP contribution is -2.06. The number of carbonyl (C=O) groups excluding carboxylic acids is 1. The number of benzene rings is 3. The van der Waals surface area contributed by atoms with Crippen molar-refractivity contribution >= 4 is 52.2 Å². The molecule has 0 aliphatic carbocycles. The molecule has 156 valence electrons. The van der Waals surface area contributed by atoms with Crippen LogP contribution in [0.5, 0.6) is 0 Å². The number of fused-ring (bicyclic) bond motifs is 1. The molecule has 0 amide bonds. The van der Waals surface area contributed by atoms with Crippen molar-refractivity contribution in [1.82, 2.24) is 4.98 Å². The number of pyridine rings is 1. The summed E-state index contributed by atoms with van der Waals surface area (Å²) in [5.41, 5.74) is 3.72. The molecule has 4 nitrogen and oxygen atoms in total. The Hall–Kier alpha value is -3.41. The summed E-state index contributed by atoms with van der Waals surface area (Å²) < 4.78 is 5.47. The number of hydrogen-bond donors (Lipinski definition) is 0. The fraction of sp³-hybridized carbons (Fsp3) is 0.0385. The molecule has 32 heavy (non-hydrogen) atoms. The maximum atomic E-state index is 12.6. The first-order valence-corrected chi connectivity index (χ1v) is 11.2. The summed E-state index contributed by atoms with van der Waals surface area (Å²) in [6.07, 6.45) is 1.74. The van der Waals surface area contributed by atoms with Gasteiger partial charge in [-0.1, -0.05) is 59.8 Å². The van der Waals surface area contributed by atoms with E-state index in [1.54, 1.807) is 6.08 Å². The number of cyclic esters (lactones) is 1. The van der Waals surface area contributed by atoms with Gasteiger partial charge < -0.3 is 4.74 Å². The lowest BCUT2D eigenvalue weighted by atomic mass is 10.1. The zero-order valence-electron chi connectivity index (χ0n) is 17.1. The Kier molecular flexibility index (Phi) is 5.52. The van der Waals surface area contributed by atoms with Gasteiger partial charge in [-0.3, -0.25) is 0 Å². The number of aliphatic imine (C=N–C) groups is 1. The lowest BCUT2D eigenvalue weighted by molar-refractivity contribution is -0.129. The highest BCUT2D eigenvalue weighted by Gasteiger charge is 2.25. The molecular formula is C26H17ClN2O2S. The van der Waals surface area contributed by atoms with Gasteiger partial charge in [0.15, 0.2) is 5.70 Å². The monoisotopic (exact) mass is 456 g/mol. The SMILES string of the molecule is Cc1ccccc1C1=N/C(=C/c2cc3ccccc3nc2Sc2ccc(Cl)cc2)C(=O)O1. The highest BCUT2D eigenvalue weighted by Crippen LogP contribution is 2.33. The Morgan fingerprint density at radius 2 is 1.72 bits per heavy atom. The van der Waals surface area contributed by atoms with Crippen LogP contribution in [-0.4, -0.2) is 16.9 Å². The molecule has 2 heterocycles. The molecule has 1 aromatic heterocycles. The van der Waals surface area contributed by atoms with Gasteiger partial charge >= 0.3 is 5.97 Å². The molecule has 0 N–H and O–H groups in total. The van der Waals surface area contributed by atoms with E-state index < -0.39 is 5.97 Å². The largest absolute Gasteiger partial charge is 0.402 e. The molecule has 1 aliphatic rings. The number of rotatable bonds is 4. The Morgan fingerprint density at radius 3 is 2.53 bits per heavy atom. The van der Waals surface area contributed by atoms with Crippen molar-refractivity contribution in [3.63, 3.8) is 0 Å². The maximum Gasteiger partial charge on any atom is 0.363 e. The molecule has 1 aliphatic heterocycles. The Bertz CT molecular complexity index is 1410. The van der Waals surface area contributed by atoms with Crippen molar-refractivity contribution in [3.8, 4) is 0 Å². The van der Waals surface area contributed by atoms with Crippen molar-refractivity contribution in [2.24, 2.45) is 4.99 Å². The van der Waals surface area contributed by atoms with E-state index in [2.05, 4.69) is 4.99 Å². The summed E-state index contributed by atoms with van der Waals surface area (Å²) in [6, 6.07) is 25.2. The minimum atomic E-state index is -0.473. The van der Waals surface area contributed by atoms with E-state index in [-0.39, 0.29) is 5.70 Å². The molecule has 6 heteroatoms. The number of aromatic nitrogens is 1. The van der Waals surface area contributed by atoms with Gasteiger partial charge in [-0.05, 0) is 61.0 Å². The minimum Gasteiger partial charge on any atom is -0.402 e. The summed E-state index contributed by atoms with van der Waals surface area (Å²) >= 11 is 7.54. The molecule has 0 saturated heterocycles. The number of hydrogen-bond acceptors (Lipinski definition) is 5. The molecular weight excluding hydrogens is 440 g/mol. The van der Waals surface area contributed by atoms with Gasteiger partial charge in [-0.15, -0.1) is 0 Å². The molecule has 4 aromatic rings. The minimum absolute atomic E-state index is 0.248. The third-order valence-corrected chi connectivity index (χ3v) is 6.31. The van der Waals surface area contributed by atoms with E-state index in [4.69, 9.17) is 21.3 Å². The highest BCUT2D eigenvalue weighted by molar-refractivity contribution is 7.99. The summed E-state index contributed by atoms with van der Waals surface area (Å²) in [7, 11) is 0. The standard InChI is InChI=1S/C26H17ClN2O2S/c1-16-6-2-4-8-21(16)24-28-23(26(30)31-24)15-18-14-17-7-3-5-9-22(17)29-25(18)32-20-12-10-19(27)11-13-20/h2-15H,1H3/b23-15+. The van der Waals surface area contributed by atoms with Crippen molar-refractivity contribution in [3.05, 3.63) is 106 Å². The van der Waals surface area contributed by atoms with Gasteiger partial charge in [0.05, 0.1) is 5.52 Å². The van der Waals surface area contributed by atoms with Gasteiger partial charge in [-0.2, -0.15) is 0 Å². The van der Waals surface area contributed by atoms with Crippen LogP contribution in [0, 0.1) is 6.92 Å². The van der Waals surface area contributed by atoms with E-state index in [0.29, 0.717) is 10.9 Å². The molecule has 0 radical (unpaired) electrons. The van der Waals surface area contributed by atoms with Crippen LogP contribution in [0.1, 0.15) is 16.7 Å². The second-order valence-corrected chi connectivity index (χ2v) is 8.78. The summed E-state index contributed by atoms with van der Waals surface area (Å²) in [6.45, 7) is 1.96. The highest BCUT2D eigenvalue weighted by atomic mass is 35.5. The van der Waals surface area contributed by atoms with Crippen molar-refractivity contribution in [2.45, 2.75) is 16.8 Å². The quantitative estimate of drug-likeness (QED) is 0.253. The predicted molar refractivity (Wildman–Crippen MR) is 129 cm³/mol. The second-order valence-electron chi connectivity index (χ2n) is 7.28. The number of carbonyl (C=O) groups is 1. The molecule has 0 unspecified atom stereocenters. The number of aryl methyl sites for hydroxylation is 1. The fourth-order valence-electron chi connectivity index (χ4n) is 3.40. The van der Waals surface area contributed by atoms with E-state index in [1.807, 2.05) is 85.8 Å². The summed E-state index contributed by atoms with van der Waals surface area (Å²) in [4.78, 5) is 22.9. The zero-order chi connectivity index (χ0) is 22.1. The predicted octanol–water partition coefficient (Wildman–Crippen LogP) is 6.69. The Balaban J connectivity index is 1.59. The van der Waals surface area contributed by atoms with Crippen molar-refractivity contribution < 1.29 is 9.53 Å². The van der Waals surface area contributed by atoms with Gasteiger partial charge in [0, 0.05) is 26.4 Å². The first-order chi connectivity index (χ1) is 15.6. The van der Waals surface area contributed by atoms with Crippen molar-refractivity contribution in [2.75, 3.05) is 0 Å². The lowest BCUT2D eigenvalue weighted by Gasteiger charge is -2.08. The Labute approximate surface area is 194 Å². The van der Waals surface area contributed by atoms with Crippen LogP contribution in [0.15, 0.2) is 99.5 Å². The van der Waals surface area contributed by atoms with E-state index in [1.165, 1.54) is 11.8 Å². The Morgan fingerprint density at radius 1 is 0.969 bits per heavy atom. The second kappa shape index (κ2) is 8.61. The average molecular weight is 457 g/mol.